The van der Waals surface area contributed by atoms with E-state index in [0.717, 1.165) is 12.8 Å². The molecular weight excluding hydrogens is 276 g/mol. The van der Waals surface area contributed by atoms with E-state index < -0.39 is 10.9 Å². The van der Waals surface area contributed by atoms with Gasteiger partial charge in [-0.3, -0.25) is 10.1 Å². The van der Waals surface area contributed by atoms with Gasteiger partial charge < -0.3 is 15.2 Å². The molecule has 2 rings (SSSR count). The van der Waals surface area contributed by atoms with Gasteiger partial charge in [0.2, 0.25) is 0 Å². The van der Waals surface area contributed by atoms with Gasteiger partial charge in [0.25, 0.3) is 5.69 Å². The third-order valence-electron chi connectivity index (χ3n) is 3.62. The largest absolute Gasteiger partial charge is 0.477 e. The van der Waals surface area contributed by atoms with E-state index in [-0.39, 0.29) is 23.4 Å². The lowest BCUT2D eigenvalue weighted by atomic mass is 9.89. The van der Waals surface area contributed by atoms with Gasteiger partial charge in [0, 0.05) is 25.3 Å². The number of carbonyl (C=O) groups is 1. The van der Waals surface area contributed by atoms with Gasteiger partial charge in [0.15, 0.2) is 0 Å². The van der Waals surface area contributed by atoms with Crippen molar-refractivity contribution in [1.29, 1.82) is 0 Å². The summed E-state index contributed by atoms with van der Waals surface area (Å²) in [6.07, 6.45) is 2.02. The molecule has 0 aromatic heterocycles. The van der Waals surface area contributed by atoms with Crippen LogP contribution >= 0.6 is 0 Å². The quantitative estimate of drug-likeness (QED) is 0.588. The number of benzene rings is 1. The molecule has 0 bridgehead atoms. The first-order valence-electron chi connectivity index (χ1n) is 6.87. The van der Waals surface area contributed by atoms with Crippen LogP contribution in [0.1, 0.15) is 35.7 Å². The van der Waals surface area contributed by atoms with Crippen LogP contribution in [-0.2, 0) is 11.3 Å². The van der Waals surface area contributed by atoms with Crippen molar-refractivity contribution in [2.24, 2.45) is 0 Å². The number of nitro benzene ring substituents is 1. The molecule has 1 fully saturated rings. The van der Waals surface area contributed by atoms with Crippen LogP contribution in [0.4, 0.5) is 5.69 Å². The predicted octanol–water partition coefficient (Wildman–Crippen LogP) is 1.95. The van der Waals surface area contributed by atoms with E-state index in [4.69, 9.17) is 4.74 Å². The Hall–Kier alpha value is -1.99. The highest BCUT2D eigenvalue weighted by atomic mass is 16.6. The van der Waals surface area contributed by atoms with Crippen molar-refractivity contribution in [3.05, 3.63) is 39.4 Å². The van der Waals surface area contributed by atoms with E-state index in [1.54, 1.807) is 6.07 Å². The minimum atomic E-state index is -1.28. The first-order valence-corrected chi connectivity index (χ1v) is 6.87. The molecule has 0 heterocycles. The highest BCUT2D eigenvalue weighted by Gasteiger charge is 2.30. The second-order valence-electron chi connectivity index (χ2n) is 5.00. The summed E-state index contributed by atoms with van der Waals surface area (Å²) in [7, 11) is 0. The average molecular weight is 294 g/mol. The topological polar surface area (TPSA) is 102 Å². The Balaban J connectivity index is 2.02. The van der Waals surface area contributed by atoms with E-state index in [0.29, 0.717) is 18.7 Å². The van der Waals surface area contributed by atoms with Crippen molar-refractivity contribution in [3.8, 4) is 0 Å². The van der Waals surface area contributed by atoms with Crippen molar-refractivity contribution in [2.45, 2.75) is 38.5 Å². The molecule has 0 saturated heterocycles. The number of hydrogen-bond acceptors (Lipinski definition) is 5. The number of carboxylic acids is 1. The number of hydrogen-bond donors (Lipinski definition) is 2. The molecule has 1 aliphatic carbocycles. The van der Waals surface area contributed by atoms with Crippen LogP contribution in [0, 0.1) is 10.1 Å². The molecule has 1 aliphatic rings. The van der Waals surface area contributed by atoms with Gasteiger partial charge in [-0.15, -0.1) is 0 Å². The fourth-order valence-corrected chi connectivity index (χ4v) is 2.49. The van der Waals surface area contributed by atoms with E-state index in [2.05, 4.69) is 5.32 Å². The van der Waals surface area contributed by atoms with Crippen LogP contribution in [0.25, 0.3) is 0 Å². The zero-order valence-corrected chi connectivity index (χ0v) is 11.7. The zero-order valence-electron chi connectivity index (χ0n) is 11.7. The highest BCUT2D eigenvalue weighted by molar-refractivity contribution is 5.94. The molecule has 21 heavy (non-hydrogen) atoms. The Morgan fingerprint density at radius 2 is 2.24 bits per heavy atom. The van der Waals surface area contributed by atoms with Crippen LogP contribution in [-0.4, -0.2) is 34.8 Å². The Morgan fingerprint density at radius 3 is 2.81 bits per heavy atom. The number of nitrogens with zero attached hydrogens (tertiary/aromatic N) is 1. The lowest BCUT2D eigenvalue weighted by Gasteiger charge is -2.35. The van der Waals surface area contributed by atoms with E-state index in [9.17, 15) is 20.0 Å². The fraction of sp³-hybridized carbons (Fsp3) is 0.500. The molecule has 0 atom stereocenters. The predicted molar refractivity (Wildman–Crippen MR) is 75.3 cm³/mol. The molecule has 1 aromatic carbocycles. The lowest BCUT2D eigenvalue weighted by Crippen LogP contribution is -2.45. The van der Waals surface area contributed by atoms with Gasteiger partial charge in [-0.25, -0.2) is 4.79 Å². The fourth-order valence-electron chi connectivity index (χ4n) is 2.49. The SMILES string of the molecule is CCOC1CC(NCc2cccc([N+](=O)[O-])c2C(=O)O)C1. The van der Waals surface area contributed by atoms with Crippen molar-refractivity contribution >= 4 is 11.7 Å². The van der Waals surface area contributed by atoms with Crippen LogP contribution in [0.5, 0.6) is 0 Å². The zero-order chi connectivity index (χ0) is 15.4. The van der Waals surface area contributed by atoms with Crippen molar-refractivity contribution in [1.82, 2.24) is 5.32 Å². The van der Waals surface area contributed by atoms with Crippen LogP contribution in [0.2, 0.25) is 0 Å². The molecule has 0 spiro atoms. The first kappa shape index (κ1) is 15.4. The van der Waals surface area contributed by atoms with Gasteiger partial charge in [0.1, 0.15) is 5.56 Å². The number of rotatable bonds is 7. The van der Waals surface area contributed by atoms with E-state index in [1.165, 1.54) is 12.1 Å². The van der Waals surface area contributed by atoms with E-state index in [1.807, 2.05) is 6.92 Å². The van der Waals surface area contributed by atoms with Crippen molar-refractivity contribution in [2.75, 3.05) is 6.61 Å². The third kappa shape index (κ3) is 3.56. The standard InChI is InChI=1S/C14H18N2O5/c1-2-21-11-6-10(7-11)15-8-9-4-3-5-12(16(19)20)13(9)14(17)18/h3-5,10-11,15H,2,6-8H2,1H3,(H,17,18). The number of nitrogens with one attached hydrogen (secondary N) is 1. The summed E-state index contributed by atoms with van der Waals surface area (Å²) < 4.78 is 5.45. The first-order chi connectivity index (χ1) is 10.0. The summed E-state index contributed by atoms with van der Waals surface area (Å²) in [5.74, 6) is -1.28. The minimum absolute atomic E-state index is 0.240. The second-order valence-corrected chi connectivity index (χ2v) is 5.00. The molecular formula is C14H18N2O5. The van der Waals surface area contributed by atoms with Gasteiger partial charge in [0.05, 0.1) is 11.0 Å². The summed E-state index contributed by atoms with van der Waals surface area (Å²) in [5, 5.41) is 23.3. The number of carboxylic acid groups (broad SMARTS) is 1. The monoisotopic (exact) mass is 294 g/mol. The van der Waals surface area contributed by atoms with Gasteiger partial charge in [-0.05, 0) is 25.3 Å². The molecule has 1 saturated carbocycles. The Morgan fingerprint density at radius 1 is 1.52 bits per heavy atom. The van der Waals surface area contributed by atoms with Gasteiger partial charge in [-0.1, -0.05) is 12.1 Å². The molecule has 7 heteroatoms. The third-order valence-corrected chi connectivity index (χ3v) is 3.62. The maximum absolute atomic E-state index is 11.3. The van der Waals surface area contributed by atoms with E-state index >= 15 is 0 Å². The second kappa shape index (κ2) is 6.64. The number of aromatic carboxylic acids is 1. The Kier molecular flexibility index (Phi) is 4.87. The molecule has 0 amide bonds. The molecule has 0 aliphatic heterocycles. The highest BCUT2D eigenvalue weighted by Crippen LogP contribution is 2.26. The van der Waals surface area contributed by atoms with Gasteiger partial charge >= 0.3 is 5.97 Å². The number of nitro groups is 1. The molecule has 0 radical (unpaired) electrons. The molecule has 114 valence electrons. The summed E-state index contributed by atoms with van der Waals surface area (Å²) in [5.41, 5.74) is -0.185. The van der Waals surface area contributed by atoms with Crippen LogP contribution in [0.3, 0.4) is 0 Å². The normalized spacial score (nSPS) is 20.8. The summed E-state index contributed by atoms with van der Waals surface area (Å²) in [6, 6.07) is 4.58. The smallest absolute Gasteiger partial charge is 0.343 e. The molecule has 1 aromatic rings. The molecule has 2 N–H and O–H groups in total. The van der Waals surface area contributed by atoms with Gasteiger partial charge in [-0.2, -0.15) is 0 Å². The molecule has 7 nitrogen and oxygen atoms in total. The van der Waals surface area contributed by atoms with Crippen molar-refractivity contribution < 1.29 is 19.6 Å². The van der Waals surface area contributed by atoms with Crippen molar-refractivity contribution in [3.63, 3.8) is 0 Å². The summed E-state index contributed by atoms with van der Waals surface area (Å²) in [4.78, 5) is 21.5. The molecule has 0 unspecified atom stereocenters. The maximum atomic E-state index is 11.3. The van der Waals surface area contributed by atoms with Crippen LogP contribution < -0.4 is 5.32 Å². The van der Waals surface area contributed by atoms with Crippen LogP contribution in [0.15, 0.2) is 18.2 Å². The number of ether oxygens (including phenoxy) is 1. The average Bonchev–Trinajstić information content (AvgIpc) is 2.40. The summed E-state index contributed by atoms with van der Waals surface area (Å²) >= 11 is 0. The maximum Gasteiger partial charge on any atom is 0.343 e. The Labute approximate surface area is 122 Å². The lowest BCUT2D eigenvalue weighted by molar-refractivity contribution is -0.385. The Bertz CT molecular complexity index is 540. The minimum Gasteiger partial charge on any atom is -0.477 e. The summed E-state index contributed by atoms with van der Waals surface area (Å²) in [6.45, 7) is 2.93.